The summed E-state index contributed by atoms with van der Waals surface area (Å²) in [5.41, 5.74) is 2.76. The number of nitrogens with one attached hydrogen (secondary N) is 1. The normalized spacial score (nSPS) is 14.2. The molecule has 24 heavy (non-hydrogen) atoms. The summed E-state index contributed by atoms with van der Waals surface area (Å²) in [5.74, 6) is -3.23. The van der Waals surface area contributed by atoms with Gasteiger partial charge in [0, 0.05) is 11.1 Å². The van der Waals surface area contributed by atoms with Crippen LogP contribution in [0.15, 0.2) is 24.3 Å². The van der Waals surface area contributed by atoms with E-state index >= 15 is 0 Å². The maximum absolute atomic E-state index is 12.7. The Bertz CT molecular complexity index is 846. The number of carbonyl (C=O) groups excluding carboxylic acids is 1. The fourth-order valence-corrected chi connectivity index (χ4v) is 3.08. The van der Waals surface area contributed by atoms with E-state index in [9.17, 15) is 14.4 Å². The van der Waals surface area contributed by atoms with Crippen molar-refractivity contribution in [1.29, 1.82) is 0 Å². The molecule has 0 unspecified atom stereocenters. The fraction of sp³-hybridized carbons (Fsp3) is 0.294. The second-order valence-electron chi connectivity index (χ2n) is 5.74. The van der Waals surface area contributed by atoms with Gasteiger partial charge in [0.1, 0.15) is 6.04 Å². The Balaban J connectivity index is 2.03. The molecule has 7 heteroatoms. The summed E-state index contributed by atoms with van der Waals surface area (Å²) in [5, 5.41) is 20.9. The highest BCUT2D eigenvalue weighted by Gasteiger charge is 2.28. The number of carboxylic acid groups (broad SMARTS) is 2. The van der Waals surface area contributed by atoms with Crippen LogP contribution in [0.2, 0.25) is 0 Å². The molecule has 0 fully saturated rings. The van der Waals surface area contributed by atoms with Crippen LogP contribution in [0.3, 0.4) is 0 Å². The van der Waals surface area contributed by atoms with Crippen molar-refractivity contribution in [1.82, 2.24) is 10.3 Å². The number of nitrogens with zero attached hydrogens (tertiary/aromatic N) is 1. The van der Waals surface area contributed by atoms with E-state index in [1.54, 1.807) is 18.2 Å². The lowest BCUT2D eigenvalue weighted by atomic mass is 10.00. The topological polar surface area (TPSA) is 117 Å². The van der Waals surface area contributed by atoms with Crippen LogP contribution in [0.5, 0.6) is 0 Å². The lowest BCUT2D eigenvalue weighted by Gasteiger charge is -2.16. The molecular weight excluding hydrogens is 312 g/mol. The third-order valence-electron chi connectivity index (χ3n) is 4.13. The van der Waals surface area contributed by atoms with Gasteiger partial charge in [0.05, 0.1) is 17.5 Å². The summed E-state index contributed by atoms with van der Waals surface area (Å²) in [6.07, 6.45) is 1.69. The number of carbonyl (C=O) groups is 3. The number of amides is 1. The zero-order valence-corrected chi connectivity index (χ0v) is 12.8. The van der Waals surface area contributed by atoms with Gasteiger partial charge < -0.3 is 15.5 Å². The van der Waals surface area contributed by atoms with Crippen molar-refractivity contribution in [3.63, 3.8) is 0 Å². The van der Waals surface area contributed by atoms with E-state index in [1.807, 2.05) is 6.07 Å². The van der Waals surface area contributed by atoms with Crippen molar-refractivity contribution in [3.05, 3.63) is 41.1 Å². The summed E-state index contributed by atoms with van der Waals surface area (Å²) in [6.45, 7) is 0. The summed E-state index contributed by atoms with van der Waals surface area (Å²) < 4.78 is 0. The van der Waals surface area contributed by atoms with Crippen LogP contribution < -0.4 is 5.32 Å². The molecule has 1 aliphatic carbocycles. The van der Waals surface area contributed by atoms with Gasteiger partial charge in [-0.25, -0.2) is 4.79 Å². The van der Waals surface area contributed by atoms with Crippen LogP contribution in [-0.4, -0.2) is 39.1 Å². The second kappa shape index (κ2) is 6.27. The molecule has 1 heterocycles. The third kappa shape index (κ3) is 2.92. The van der Waals surface area contributed by atoms with E-state index in [-0.39, 0.29) is 0 Å². The zero-order chi connectivity index (χ0) is 17.3. The maximum Gasteiger partial charge on any atom is 0.326 e. The molecule has 1 amide bonds. The van der Waals surface area contributed by atoms with Gasteiger partial charge in [-0.2, -0.15) is 0 Å². The second-order valence-corrected chi connectivity index (χ2v) is 5.74. The highest BCUT2D eigenvalue weighted by Crippen LogP contribution is 2.29. The van der Waals surface area contributed by atoms with E-state index in [0.717, 1.165) is 24.1 Å². The minimum absolute atomic E-state index is 0.407. The predicted molar refractivity (Wildman–Crippen MR) is 84.9 cm³/mol. The molecule has 1 aromatic carbocycles. The summed E-state index contributed by atoms with van der Waals surface area (Å²) >= 11 is 0. The first-order valence-corrected chi connectivity index (χ1v) is 7.63. The van der Waals surface area contributed by atoms with Crippen molar-refractivity contribution in [2.75, 3.05) is 0 Å². The fourth-order valence-electron chi connectivity index (χ4n) is 3.08. The maximum atomic E-state index is 12.7. The van der Waals surface area contributed by atoms with E-state index < -0.39 is 30.3 Å². The molecule has 3 N–H and O–H groups in total. The number of rotatable bonds is 5. The van der Waals surface area contributed by atoms with Gasteiger partial charge in [-0.3, -0.25) is 14.6 Å². The van der Waals surface area contributed by atoms with Crippen molar-refractivity contribution >= 4 is 28.7 Å². The molecule has 0 bridgehead atoms. The first-order valence-electron chi connectivity index (χ1n) is 7.63. The largest absolute Gasteiger partial charge is 0.481 e. The van der Waals surface area contributed by atoms with Gasteiger partial charge in [0.15, 0.2) is 0 Å². The molecule has 3 rings (SSSR count). The Kier molecular flexibility index (Phi) is 4.16. The third-order valence-corrected chi connectivity index (χ3v) is 4.13. The lowest BCUT2D eigenvalue weighted by molar-refractivity contribution is -0.145. The number of aryl methyl sites for hydroxylation is 1. The van der Waals surface area contributed by atoms with E-state index in [4.69, 9.17) is 10.2 Å². The van der Waals surface area contributed by atoms with Crippen LogP contribution in [0.25, 0.3) is 10.9 Å². The Morgan fingerprint density at radius 2 is 1.92 bits per heavy atom. The summed E-state index contributed by atoms with van der Waals surface area (Å²) in [4.78, 5) is 39.3. The predicted octanol–water partition coefficient (Wildman–Crippen LogP) is 1.38. The van der Waals surface area contributed by atoms with Crippen LogP contribution in [0.4, 0.5) is 0 Å². The molecule has 0 radical (unpaired) electrons. The van der Waals surface area contributed by atoms with E-state index in [1.165, 1.54) is 0 Å². The molecule has 0 saturated carbocycles. The molecule has 0 spiro atoms. The Morgan fingerprint density at radius 3 is 2.62 bits per heavy atom. The van der Waals surface area contributed by atoms with E-state index in [0.29, 0.717) is 22.9 Å². The standard InChI is InChI=1S/C17H16N2O5/c20-14(21)8-13(17(23)24)19-16(22)15-9-4-1-2-6-11(9)18-12-7-3-5-10(12)15/h1-2,4,6,13H,3,5,7-8H2,(H,19,22)(H,20,21)(H,23,24)/t13-/m1/s1. The molecule has 1 aromatic heterocycles. The van der Waals surface area contributed by atoms with Crippen LogP contribution in [0, 0.1) is 0 Å². The van der Waals surface area contributed by atoms with Gasteiger partial charge in [-0.15, -0.1) is 0 Å². The summed E-state index contributed by atoms with van der Waals surface area (Å²) in [6, 6.07) is 5.70. The van der Waals surface area contributed by atoms with Crippen LogP contribution in [0.1, 0.15) is 34.5 Å². The number of aliphatic carboxylic acids is 2. The number of benzene rings is 1. The minimum Gasteiger partial charge on any atom is -0.481 e. The Morgan fingerprint density at radius 1 is 1.17 bits per heavy atom. The highest BCUT2D eigenvalue weighted by atomic mass is 16.4. The molecule has 0 aliphatic heterocycles. The van der Waals surface area contributed by atoms with Crippen LogP contribution >= 0.6 is 0 Å². The van der Waals surface area contributed by atoms with Crippen molar-refractivity contribution in [3.8, 4) is 0 Å². The quantitative estimate of drug-likeness (QED) is 0.763. The van der Waals surface area contributed by atoms with Gasteiger partial charge in [-0.1, -0.05) is 18.2 Å². The summed E-state index contributed by atoms with van der Waals surface area (Å²) in [7, 11) is 0. The molecule has 124 valence electrons. The molecule has 7 nitrogen and oxygen atoms in total. The number of aromatic nitrogens is 1. The zero-order valence-electron chi connectivity index (χ0n) is 12.8. The number of carboxylic acids is 2. The van der Waals surface area contributed by atoms with Gasteiger partial charge in [-0.05, 0) is 30.9 Å². The number of hydrogen-bond acceptors (Lipinski definition) is 4. The molecule has 2 aromatic rings. The van der Waals surface area contributed by atoms with Crippen molar-refractivity contribution in [2.24, 2.45) is 0 Å². The molecule has 1 atom stereocenters. The van der Waals surface area contributed by atoms with Gasteiger partial charge in [0.2, 0.25) is 0 Å². The van der Waals surface area contributed by atoms with Gasteiger partial charge >= 0.3 is 11.9 Å². The minimum atomic E-state index is -1.47. The molecule has 1 aliphatic rings. The number of hydrogen-bond donors (Lipinski definition) is 3. The highest BCUT2D eigenvalue weighted by molar-refractivity contribution is 6.09. The average molecular weight is 328 g/mol. The molecule has 0 saturated heterocycles. The lowest BCUT2D eigenvalue weighted by Crippen LogP contribution is -2.42. The number of para-hydroxylation sites is 1. The first-order chi connectivity index (χ1) is 11.5. The smallest absolute Gasteiger partial charge is 0.326 e. The first kappa shape index (κ1) is 15.9. The Hall–Kier alpha value is -2.96. The average Bonchev–Trinajstić information content (AvgIpc) is 2.98. The Labute approximate surface area is 137 Å². The van der Waals surface area contributed by atoms with E-state index in [2.05, 4.69) is 10.3 Å². The SMILES string of the molecule is O=C(O)C[C@@H](NC(=O)c1c2c(nc3ccccc13)CCC2)C(=O)O. The monoisotopic (exact) mass is 328 g/mol. The van der Waals surface area contributed by atoms with Crippen molar-refractivity contribution in [2.45, 2.75) is 31.7 Å². The van der Waals surface area contributed by atoms with Crippen LogP contribution in [-0.2, 0) is 22.4 Å². The number of fused-ring (bicyclic) bond motifs is 2. The molecular formula is C17H16N2O5. The number of pyridine rings is 1. The van der Waals surface area contributed by atoms with Gasteiger partial charge in [0.25, 0.3) is 5.91 Å². The van der Waals surface area contributed by atoms with Crippen molar-refractivity contribution < 1.29 is 24.6 Å².